The van der Waals surface area contributed by atoms with Crippen LogP contribution in [0.2, 0.25) is 5.02 Å². The number of nitrogens with zero attached hydrogens (tertiary/aromatic N) is 3. The number of piperidine rings is 1. The van der Waals surface area contributed by atoms with Gasteiger partial charge in [0.05, 0.1) is 4.90 Å². The Hall–Kier alpha value is -2.33. The fourth-order valence-electron chi connectivity index (χ4n) is 3.45. The predicted molar refractivity (Wildman–Crippen MR) is 121 cm³/mol. The molecule has 1 atom stereocenters. The van der Waals surface area contributed by atoms with Gasteiger partial charge in [-0.2, -0.15) is 4.31 Å². The molecule has 10 heteroatoms. The van der Waals surface area contributed by atoms with Crippen LogP contribution in [0.3, 0.4) is 0 Å². The molecular formula is C21H21ClN4O3S2. The molecule has 1 aliphatic heterocycles. The highest BCUT2D eigenvalue weighted by Gasteiger charge is 2.33. The fraction of sp³-hybridized carbons (Fsp3) is 0.286. The Morgan fingerprint density at radius 1 is 1.19 bits per heavy atom. The van der Waals surface area contributed by atoms with E-state index >= 15 is 0 Å². The van der Waals surface area contributed by atoms with Gasteiger partial charge >= 0.3 is 0 Å². The number of sulfonamides is 1. The molecule has 0 aliphatic carbocycles. The molecule has 1 fully saturated rings. The summed E-state index contributed by atoms with van der Waals surface area (Å²) < 4.78 is 27.5. The Bertz CT molecular complexity index is 1200. The number of amides is 1. The van der Waals surface area contributed by atoms with E-state index in [0.717, 1.165) is 12.0 Å². The summed E-state index contributed by atoms with van der Waals surface area (Å²) in [6, 6.07) is 13.8. The lowest BCUT2D eigenvalue weighted by molar-refractivity contribution is 0.102. The molecule has 2 aromatic carbocycles. The average Bonchev–Trinajstić information content (AvgIpc) is 3.26. The van der Waals surface area contributed by atoms with Crippen molar-refractivity contribution in [3.63, 3.8) is 0 Å². The third-order valence-electron chi connectivity index (χ3n) is 5.11. The first-order valence-corrected chi connectivity index (χ1v) is 12.4. The number of anilines is 1. The van der Waals surface area contributed by atoms with Gasteiger partial charge < -0.3 is 5.32 Å². The van der Waals surface area contributed by atoms with Gasteiger partial charge in [-0.25, -0.2) is 8.42 Å². The smallest absolute Gasteiger partial charge is 0.286 e. The number of rotatable bonds is 5. The van der Waals surface area contributed by atoms with Crippen LogP contribution in [-0.2, 0) is 10.0 Å². The van der Waals surface area contributed by atoms with Gasteiger partial charge in [0.15, 0.2) is 0 Å². The number of aryl methyl sites for hydroxylation is 1. The van der Waals surface area contributed by atoms with Crippen LogP contribution in [0.15, 0.2) is 53.4 Å². The monoisotopic (exact) mass is 476 g/mol. The molecule has 1 aromatic heterocycles. The minimum absolute atomic E-state index is 0.110. The van der Waals surface area contributed by atoms with Gasteiger partial charge in [0, 0.05) is 29.7 Å². The van der Waals surface area contributed by atoms with Gasteiger partial charge in [-0.15, -0.1) is 10.2 Å². The van der Waals surface area contributed by atoms with E-state index in [4.69, 9.17) is 11.6 Å². The van der Waals surface area contributed by atoms with Crippen molar-refractivity contribution in [2.45, 2.75) is 30.6 Å². The normalized spacial score (nSPS) is 17.4. The summed E-state index contributed by atoms with van der Waals surface area (Å²) in [5.74, 6) is -0.437. The van der Waals surface area contributed by atoms with Crippen molar-refractivity contribution in [3.8, 4) is 0 Å². The van der Waals surface area contributed by atoms with Crippen LogP contribution in [0.1, 0.15) is 39.1 Å². The first-order chi connectivity index (χ1) is 14.8. The van der Waals surface area contributed by atoms with Crippen LogP contribution in [0.25, 0.3) is 0 Å². The van der Waals surface area contributed by atoms with Gasteiger partial charge in [0.2, 0.25) is 15.0 Å². The molecule has 1 N–H and O–H groups in total. The second-order valence-electron chi connectivity index (χ2n) is 7.43. The largest absolute Gasteiger partial charge is 0.320 e. The maximum atomic E-state index is 13.0. The number of hydrogen-bond acceptors (Lipinski definition) is 6. The third kappa shape index (κ3) is 4.95. The van der Waals surface area contributed by atoms with E-state index in [-0.39, 0.29) is 21.7 Å². The molecule has 2 heterocycles. The van der Waals surface area contributed by atoms with Crippen LogP contribution < -0.4 is 5.32 Å². The summed E-state index contributed by atoms with van der Waals surface area (Å²) in [4.78, 5) is 12.7. The van der Waals surface area contributed by atoms with E-state index in [1.54, 1.807) is 18.2 Å². The van der Waals surface area contributed by atoms with E-state index < -0.39 is 10.0 Å². The highest BCUT2D eigenvalue weighted by molar-refractivity contribution is 7.89. The van der Waals surface area contributed by atoms with E-state index in [1.807, 2.05) is 31.2 Å². The highest BCUT2D eigenvalue weighted by Crippen LogP contribution is 2.32. The SMILES string of the molecule is Cc1ccc(NC(=O)c2nnc(C3CCCN(S(=O)(=O)c4cccc(Cl)c4)C3)s2)cc1. The fourth-order valence-corrected chi connectivity index (χ4v) is 6.14. The summed E-state index contributed by atoms with van der Waals surface area (Å²) in [6.07, 6.45) is 1.49. The van der Waals surface area contributed by atoms with Crippen molar-refractivity contribution in [2.75, 3.05) is 18.4 Å². The summed E-state index contributed by atoms with van der Waals surface area (Å²) in [5.41, 5.74) is 1.79. The minimum atomic E-state index is -3.65. The lowest BCUT2D eigenvalue weighted by Gasteiger charge is -2.30. The summed E-state index contributed by atoms with van der Waals surface area (Å²) in [6.45, 7) is 2.71. The molecule has 0 bridgehead atoms. The van der Waals surface area contributed by atoms with Crippen LogP contribution in [-0.4, -0.2) is 41.9 Å². The zero-order valence-electron chi connectivity index (χ0n) is 16.8. The van der Waals surface area contributed by atoms with Crippen LogP contribution in [0, 0.1) is 6.92 Å². The number of carbonyl (C=O) groups is 1. The van der Waals surface area contributed by atoms with Crippen molar-refractivity contribution in [2.24, 2.45) is 0 Å². The number of aromatic nitrogens is 2. The Labute approximate surface area is 190 Å². The van der Waals surface area contributed by atoms with Crippen LogP contribution in [0.4, 0.5) is 5.69 Å². The molecule has 1 saturated heterocycles. The van der Waals surface area contributed by atoms with Crippen molar-refractivity contribution in [1.29, 1.82) is 0 Å². The molecular weight excluding hydrogens is 456 g/mol. The topological polar surface area (TPSA) is 92.3 Å². The first-order valence-electron chi connectivity index (χ1n) is 9.80. The second-order valence-corrected chi connectivity index (χ2v) is 10.8. The molecule has 1 unspecified atom stereocenters. The van der Waals surface area contributed by atoms with Crippen LogP contribution in [0.5, 0.6) is 0 Å². The molecule has 162 valence electrons. The average molecular weight is 477 g/mol. The van der Waals surface area contributed by atoms with E-state index in [1.165, 1.54) is 21.7 Å². The summed E-state index contributed by atoms with van der Waals surface area (Å²) in [7, 11) is -3.65. The Balaban J connectivity index is 1.47. The molecule has 1 amide bonds. The standard InChI is InChI=1S/C21H21ClN4O3S2/c1-14-7-9-17(10-8-14)23-19(27)21-25-24-20(30-21)15-4-3-11-26(13-15)31(28,29)18-6-2-5-16(22)12-18/h2,5-10,12,15H,3-4,11,13H2,1H3,(H,23,27). The van der Waals surface area contributed by atoms with Gasteiger partial charge in [-0.1, -0.05) is 46.7 Å². The third-order valence-corrected chi connectivity index (χ3v) is 8.29. The Morgan fingerprint density at radius 3 is 2.71 bits per heavy atom. The molecule has 31 heavy (non-hydrogen) atoms. The predicted octanol–water partition coefficient (Wildman–Crippen LogP) is 4.32. The molecule has 7 nitrogen and oxygen atoms in total. The lowest BCUT2D eigenvalue weighted by atomic mass is 10.0. The lowest BCUT2D eigenvalue weighted by Crippen LogP contribution is -2.39. The molecule has 4 rings (SSSR count). The molecule has 0 radical (unpaired) electrons. The first kappa shape index (κ1) is 21.9. The number of halogens is 1. The molecule has 0 spiro atoms. The summed E-state index contributed by atoms with van der Waals surface area (Å²) >= 11 is 7.18. The number of carbonyl (C=O) groups excluding carboxylic acids is 1. The van der Waals surface area contributed by atoms with Gasteiger partial charge in [0.1, 0.15) is 5.01 Å². The van der Waals surface area contributed by atoms with E-state index in [2.05, 4.69) is 15.5 Å². The number of benzene rings is 2. The van der Waals surface area contributed by atoms with Crippen LogP contribution >= 0.6 is 22.9 Å². The quantitative estimate of drug-likeness (QED) is 0.592. The zero-order valence-corrected chi connectivity index (χ0v) is 19.2. The Kier molecular flexibility index (Phi) is 6.38. The molecule has 1 aliphatic rings. The van der Waals surface area contributed by atoms with E-state index in [9.17, 15) is 13.2 Å². The summed E-state index contributed by atoms with van der Waals surface area (Å²) in [5, 5.41) is 12.3. The van der Waals surface area contributed by atoms with E-state index in [0.29, 0.717) is 35.2 Å². The number of hydrogen-bond donors (Lipinski definition) is 1. The maximum Gasteiger partial charge on any atom is 0.286 e. The Morgan fingerprint density at radius 2 is 1.97 bits per heavy atom. The van der Waals surface area contributed by atoms with Gasteiger partial charge in [-0.3, -0.25) is 4.79 Å². The highest BCUT2D eigenvalue weighted by atomic mass is 35.5. The maximum absolute atomic E-state index is 13.0. The van der Waals surface area contributed by atoms with Crippen molar-refractivity contribution >= 4 is 44.6 Å². The van der Waals surface area contributed by atoms with Crippen molar-refractivity contribution < 1.29 is 13.2 Å². The molecule has 3 aromatic rings. The number of nitrogens with one attached hydrogen (secondary N) is 1. The van der Waals surface area contributed by atoms with Crippen molar-refractivity contribution in [1.82, 2.24) is 14.5 Å². The van der Waals surface area contributed by atoms with Gasteiger partial charge in [0.25, 0.3) is 5.91 Å². The zero-order chi connectivity index (χ0) is 22.0. The van der Waals surface area contributed by atoms with Crippen molar-refractivity contribution in [3.05, 3.63) is 69.1 Å². The van der Waals surface area contributed by atoms with Gasteiger partial charge in [-0.05, 0) is 50.1 Å². The second kappa shape index (κ2) is 9.04. The minimum Gasteiger partial charge on any atom is -0.320 e. The molecule has 0 saturated carbocycles.